The zero-order chi connectivity index (χ0) is 20.7. The van der Waals surface area contributed by atoms with Crippen LogP contribution in [0.3, 0.4) is 0 Å². The highest BCUT2D eigenvalue weighted by Crippen LogP contribution is 2.22. The fourth-order valence-electron chi connectivity index (χ4n) is 2.67. The normalized spacial score (nSPS) is 11.1. The first-order chi connectivity index (χ1) is 13.2. The first-order valence-corrected chi connectivity index (χ1v) is 9.33. The smallest absolute Gasteiger partial charge is 0.239 e. The van der Waals surface area contributed by atoms with E-state index in [0.717, 1.165) is 5.56 Å². The Morgan fingerprint density at radius 3 is 2.29 bits per heavy atom. The van der Waals surface area contributed by atoms with Gasteiger partial charge >= 0.3 is 0 Å². The van der Waals surface area contributed by atoms with E-state index in [2.05, 4.69) is 26.1 Å². The van der Waals surface area contributed by atoms with Crippen molar-refractivity contribution < 1.29 is 18.8 Å². The molecule has 0 aliphatic carbocycles. The molecular formula is C22H28N2O4. The quantitative estimate of drug-likeness (QED) is 0.708. The van der Waals surface area contributed by atoms with Crippen molar-refractivity contribution in [1.29, 1.82) is 0 Å². The molecule has 2 rings (SSSR count). The minimum atomic E-state index is -0.281. The van der Waals surface area contributed by atoms with E-state index < -0.39 is 0 Å². The highest BCUT2D eigenvalue weighted by molar-refractivity contribution is 5.98. The van der Waals surface area contributed by atoms with Gasteiger partial charge in [-0.05, 0) is 23.1 Å². The summed E-state index contributed by atoms with van der Waals surface area (Å²) in [6, 6.07) is 11.0. The Morgan fingerprint density at radius 1 is 1.04 bits per heavy atom. The summed E-state index contributed by atoms with van der Waals surface area (Å²) in [5.41, 5.74) is 1.78. The fourth-order valence-corrected chi connectivity index (χ4v) is 2.67. The molecule has 0 spiro atoms. The highest BCUT2D eigenvalue weighted by Gasteiger charge is 2.17. The second-order valence-electron chi connectivity index (χ2n) is 7.86. The first kappa shape index (κ1) is 21.4. The number of furan rings is 1. The van der Waals surface area contributed by atoms with Crippen molar-refractivity contribution in [2.75, 3.05) is 13.6 Å². The Bertz CT molecular complexity index is 802. The number of hydrogen-bond acceptors (Lipinski definition) is 4. The average Bonchev–Trinajstić information content (AvgIpc) is 3.17. The number of benzene rings is 1. The van der Waals surface area contributed by atoms with Crippen molar-refractivity contribution >= 4 is 17.6 Å². The number of nitrogens with zero attached hydrogens (tertiary/aromatic N) is 1. The predicted molar refractivity (Wildman–Crippen MR) is 107 cm³/mol. The number of hydrogen-bond donors (Lipinski definition) is 1. The number of carbonyl (C=O) groups is 3. The van der Waals surface area contributed by atoms with E-state index in [1.165, 1.54) is 11.2 Å². The van der Waals surface area contributed by atoms with Gasteiger partial charge in [0.1, 0.15) is 5.76 Å². The molecule has 0 atom stereocenters. The Labute approximate surface area is 165 Å². The minimum absolute atomic E-state index is 0.0256. The molecule has 0 radical (unpaired) electrons. The third kappa shape index (κ3) is 6.37. The van der Waals surface area contributed by atoms with Crippen LogP contribution in [-0.4, -0.2) is 36.1 Å². The van der Waals surface area contributed by atoms with Gasteiger partial charge in [0.25, 0.3) is 0 Å². The van der Waals surface area contributed by atoms with Gasteiger partial charge in [0.05, 0.1) is 19.4 Å². The van der Waals surface area contributed by atoms with Gasteiger partial charge in [-0.25, -0.2) is 0 Å². The van der Waals surface area contributed by atoms with Crippen LogP contribution < -0.4 is 5.32 Å². The summed E-state index contributed by atoms with van der Waals surface area (Å²) in [7, 11) is 1.55. The summed E-state index contributed by atoms with van der Waals surface area (Å²) in [4.78, 5) is 37.8. The summed E-state index contributed by atoms with van der Waals surface area (Å²) < 4.78 is 5.14. The monoisotopic (exact) mass is 384 g/mol. The number of likely N-dealkylation sites (N-methyl/N-ethyl adjacent to an activating group) is 1. The molecule has 1 heterocycles. The van der Waals surface area contributed by atoms with Crippen LogP contribution in [0.15, 0.2) is 47.1 Å². The topological polar surface area (TPSA) is 79.6 Å². The van der Waals surface area contributed by atoms with E-state index >= 15 is 0 Å². The molecule has 0 unspecified atom stereocenters. The molecule has 0 fully saturated rings. The van der Waals surface area contributed by atoms with Gasteiger partial charge in [0.15, 0.2) is 5.78 Å². The zero-order valence-corrected chi connectivity index (χ0v) is 17.0. The van der Waals surface area contributed by atoms with E-state index in [9.17, 15) is 14.4 Å². The van der Waals surface area contributed by atoms with Gasteiger partial charge < -0.3 is 14.6 Å². The second kappa shape index (κ2) is 9.35. The molecule has 0 bridgehead atoms. The summed E-state index contributed by atoms with van der Waals surface area (Å²) in [5.74, 6) is 0.0408. The fraction of sp³-hybridized carbons (Fsp3) is 0.409. The van der Waals surface area contributed by atoms with Gasteiger partial charge in [-0.15, -0.1) is 0 Å². The Balaban J connectivity index is 1.77. The van der Waals surface area contributed by atoms with Gasteiger partial charge in [-0.1, -0.05) is 45.0 Å². The molecule has 1 aromatic carbocycles. The third-order valence-electron chi connectivity index (χ3n) is 4.49. The lowest BCUT2D eigenvalue weighted by molar-refractivity contribution is -0.134. The first-order valence-electron chi connectivity index (χ1n) is 9.33. The number of nitrogens with one attached hydrogen (secondary N) is 1. The maximum Gasteiger partial charge on any atom is 0.239 e. The van der Waals surface area contributed by atoms with E-state index in [4.69, 9.17) is 4.42 Å². The summed E-state index contributed by atoms with van der Waals surface area (Å²) in [5, 5.41) is 2.69. The Hall–Kier alpha value is -2.89. The summed E-state index contributed by atoms with van der Waals surface area (Å²) in [6.07, 6.45) is 1.72. The van der Waals surface area contributed by atoms with Crippen molar-refractivity contribution in [3.63, 3.8) is 0 Å². The van der Waals surface area contributed by atoms with E-state index in [0.29, 0.717) is 11.3 Å². The molecular weight excluding hydrogens is 356 g/mol. The number of Topliss-reactive ketones (excluding diaryl/α,β-unsaturated/α-hetero) is 1. The molecule has 1 aromatic heterocycles. The van der Waals surface area contributed by atoms with Crippen molar-refractivity contribution in [1.82, 2.24) is 10.2 Å². The lowest BCUT2D eigenvalue weighted by Gasteiger charge is -2.19. The molecule has 0 saturated carbocycles. The minimum Gasteiger partial charge on any atom is -0.467 e. The van der Waals surface area contributed by atoms with Crippen LogP contribution in [0.4, 0.5) is 0 Å². The van der Waals surface area contributed by atoms with Crippen LogP contribution in [0.2, 0.25) is 0 Å². The van der Waals surface area contributed by atoms with Crippen LogP contribution >= 0.6 is 0 Å². The van der Waals surface area contributed by atoms with E-state index in [1.807, 2.05) is 12.1 Å². The van der Waals surface area contributed by atoms with E-state index in [-0.39, 0.29) is 48.9 Å². The molecule has 0 saturated heterocycles. The Morgan fingerprint density at radius 2 is 1.71 bits per heavy atom. The van der Waals surface area contributed by atoms with Gasteiger partial charge in [-0.2, -0.15) is 0 Å². The van der Waals surface area contributed by atoms with Gasteiger partial charge in [-0.3, -0.25) is 14.4 Å². The van der Waals surface area contributed by atoms with Crippen LogP contribution in [-0.2, 0) is 21.5 Å². The third-order valence-corrected chi connectivity index (χ3v) is 4.49. The number of rotatable bonds is 8. The standard InChI is InChI=1S/C22H28N2O4/c1-22(2,3)17-9-7-16(8-10-17)19(25)11-12-21(27)24(4)15-20(26)23-14-18-6-5-13-28-18/h5-10,13H,11-12,14-15H2,1-4H3,(H,23,26). The van der Waals surface area contributed by atoms with Gasteiger partial charge in [0.2, 0.25) is 11.8 Å². The van der Waals surface area contributed by atoms with Crippen molar-refractivity contribution in [3.8, 4) is 0 Å². The van der Waals surface area contributed by atoms with Crippen LogP contribution in [0, 0.1) is 0 Å². The molecule has 2 aromatic rings. The highest BCUT2D eigenvalue weighted by atomic mass is 16.3. The SMILES string of the molecule is CN(CC(=O)NCc1ccco1)C(=O)CCC(=O)c1ccc(C(C)(C)C)cc1. The van der Waals surface area contributed by atoms with Gasteiger partial charge in [0, 0.05) is 25.5 Å². The molecule has 6 nitrogen and oxygen atoms in total. The molecule has 2 amide bonds. The molecule has 6 heteroatoms. The van der Waals surface area contributed by atoms with Crippen molar-refractivity contribution in [3.05, 3.63) is 59.5 Å². The summed E-state index contributed by atoms with van der Waals surface area (Å²) in [6.45, 7) is 6.56. The zero-order valence-electron chi connectivity index (χ0n) is 17.0. The number of amides is 2. The molecule has 28 heavy (non-hydrogen) atoms. The maximum absolute atomic E-state index is 12.3. The number of carbonyl (C=O) groups excluding carboxylic acids is 3. The molecule has 1 N–H and O–H groups in total. The second-order valence-corrected chi connectivity index (χ2v) is 7.86. The summed E-state index contributed by atoms with van der Waals surface area (Å²) >= 11 is 0. The molecule has 0 aliphatic rings. The largest absolute Gasteiger partial charge is 0.467 e. The van der Waals surface area contributed by atoms with Crippen molar-refractivity contribution in [2.45, 2.75) is 45.6 Å². The Kier molecular flexibility index (Phi) is 7.15. The van der Waals surface area contributed by atoms with Crippen LogP contribution in [0.25, 0.3) is 0 Å². The van der Waals surface area contributed by atoms with Crippen LogP contribution in [0.5, 0.6) is 0 Å². The predicted octanol–water partition coefficient (Wildman–Crippen LogP) is 3.31. The average molecular weight is 384 g/mol. The number of ketones is 1. The molecule has 0 aliphatic heterocycles. The maximum atomic E-state index is 12.3. The van der Waals surface area contributed by atoms with E-state index in [1.54, 1.807) is 31.3 Å². The lowest BCUT2D eigenvalue weighted by atomic mass is 9.86. The van der Waals surface area contributed by atoms with Crippen LogP contribution in [0.1, 0.15) is 55.3 Å². The lowest BCUT2D eigenvalue weighted by Crippen LogP contribution is -2.38. The molecule has 150 valence electrons. The van der Waals surface area contributed by atoms with Crippen molar-refractivity contribution in [2.24, 2.45) is 0 Å².